The zero-order chi connectivity index (χ0) is 13.8. The first-order chi connectivity index (χ1) is 9.11. The highest BCUT2D eigenvalue weighted by Crippen LogP contribution is 2.32. The maximum Gasteiger partial charge on any atom is 0.121 e. The molecule has 1 aliphatic carbocycles. The Kier molecular flexibility index (Phi) is 5.12. The fourth-order valence-electron chi connectivity index (χ4n) is 2.92. The molecule has 3 atom stereocenters. The van der Waals surface area contributed by atoms with Crippen LogP contribution in [0.25, 0.3) is 0 Å². The van der Waals surface area contributed by atoms with Crippen LogP contribution in [0.15, 0.2) is 18.2 Å². The van der Waals surface area contributed by atoms with E-state index in [1.54, 1.807) is 0 Å². The van der Waals surface area contributed by atoms with Crippen molar-refractivity contribution in [1.29, 1.82) is 0 Å². The van der Waals surface area contributed by atoms with Crippen molar-refractivity contribution in [3.63, 3.8) is 0 Å². The Hall–Kier alpha value is -0.730. The van der Waals surface area contributed by atoms with Gasteiger partial charge in [0.05, 0.1) is 0 Å². The van der Waals surface area contributed by atoms with Gasteiger partial charge in [0.25, 0.3) is 0 Å². The maximum absolute atomic E-state index is 6.25. The van der Waals surface area contributed by atoms with Gasteiger partial charge in [0.15, 0.2) is 0 Å². The molecule has 3 unspecified atom stereocenters. The van der Waals surface area contributed by atoms with Crippen LogP contribution < -0.4 is 10.5 Å². The zero-order valence-electron chi connectivity index (χ0n) is 11.9. The summed E-state index contributed by atoms with van der Waals surface area (Å²) in [5, 5.41) is 0.705. The van der Waals surface area contributed by atoms with Crippen molar-refractivity contribution < 1.29 is 4.74 Å². The molecule has 2 N–H and O–H groups in total. The van der Waals surface area contributed by atoms with E-state index in [4.69, 9.17) is 22.1 Å². The molecule has 3 heteroatoms. The number of rotatable bonds is 4. The summed E-state index contributed by atoms with van der Waals surface area (Å²) in [4.78, 5) is 0. The molecule has 0 aliphatic heterocycles. The van der Waals surface area contributed by atoms with Gasteiger partial charge in [0, 0.05) is 11.1 Å². The number of benzene rings is 1. The van der Waals surface area contributed by atoms with E-state index in [-0.39, 0.29) is 6.04 Å². The fourth-order valence-corrected chi connectivity index (χ4v) is 3.26. The predicted octanol–water partition coefficient (Wildman–Crippen LogP) is 4.71. The molecular weight excluding hydrogens is 258 g/mol. The van der Waals surface area contributed by atoms with Crippen LogP contribution in [0, 0.1) is 5.92 Å². The van der Waals surface area contributed by atoms with Crippen LogP contribution in [0.1, 0.15) is 57.6 Å². The molecule has 0 radical (unpaired) electrons. The van der Waals surface area contributed by atoms with E-state index >= 15 is 0 Å². The van der Waals surface area contributed by atoms with Crippen molar-refractivity contribution in [2.45, 2.75) is 58.1 Å². The maximum atomic E-state index is 6.25. The molecule has 0 aromatic heterocycles. The summed E-state index contributed by atoms with van der Waals surface area (Å²) in [5.41, 5.74) is 6.84. The van der Waals surface area contributed by atoms with Crippen LogP contribution in [-0.2, 0) is 0 Å². The molecule has 1 fully saturated rings. The highest BCUT2D eigenvalue weighted by molar-refractivity contribution is 6.31. The molecule has 0 spiro atoms. The van der Waals surface area contributed by atoms with Crippen LogP contribution in [0.5, 0.6) is 5.75 Å². The first kappa shape index (κ1) is 14.7. The van der Waals surface area contributed by atoms with Crippen LogP contribution in [0.4, 0.5) is 0 Å². The molecule has 0 amide bonds. The van der Waals surface area contributed by atoms with Crippen LogP contribution >= 0.6 is 11.6 Å². The fraction of sp³-hybridized carbons (Fsp3) is 0.625. The van der Waals surface area contributed by atoms with E-state index in [1.807, 2.05) is 25.1 Å². The molecule has 2 nitrogen and oxygen atoms in total. The van der Waals surface area contributed by atoms with Gasteiger partial charge in [0.1, 0.15) is 11.9 Å². The standard InChI is InChI=1S/C16H24ClNO/c1-3-12-6-4-5-7-16(12)19-13-8-9-14(11(2)18)15(17)10-13/h8-12,16H,3-7,18H2,1-2H3. The third-order valence-corrected chi connectivity index (χ3v) is 4.44. The van der Waals surface area contributed by atoms with Crippen molar-refractivity contribution in [2.75, 3.05) is 0 Å². The van der Waals surface area contributed by atoms with E-state index in [2.05, 4.69) is 6.92 Å². The van der Waals surface area contributed by atoms with Gasteiger partial charge in [0.2, 0.25) is 0 Å². The topological polar surface area (TPSA) is 35.2 Å². The molecule has 19 heavy (non-hydrogen) atoms. The third kappa shape index (κ3) is 3.64. The second-order valence-electron chi connectivity index (χ2n) is 5.58. The van der Waals surface area contributed by atoms with Crippen LogP contribution in [-0.4, -0.2) is 6.10 Å². The number of nitrogens with two attached hydrogens (primary N) is 1. The zero-order valence-corrected chi connectivity index (χ0v) is 12.6. The monoisotopic (exact) mass is 281 g/mol. The number of ether oxygens (including phenoxy) is 1. The Labute approximate surface area is 121 Å². The summed E-state index contributed by atoms with van der Waals surface area (Å²) in [7, 11) is 0. The average Bonchev–Trinajstić information content (AvgIpc) is 2.39. The van der Waals surface area contributed by atoms with E-state index in [0.717, 1.165) is 17.7 Å². The van der Waals surface area contributed by atoms with E-state index < -0.39 is 0 Å². The Morgan fingerprint density at radius 2 is 2.11 bits per heavy atom. The lowest BCUT2D eigenvalue weighted by atomic mass is 9.85. The lowest BCUT2D eigenvalue weighted by Crippen LogP contribution is -2.29. The van der Waals surface area contributed by atoms with Crippen molar-refractivity contribution in [3.8, 4) is 5.75 Å². The summed E-state index contributed by atoms with van der Waals surface area (Å²) in [5.74, 6) is 1.56. The second-order valence-corrected chi connectivity index (χ2v) is 5.99. The van der Waals surface area contributed by atoms with Gasteiger partial charge in [-0.05, 0) is 56.2 Å². The Morgan fingerprint density at radius 1 is 1.37 bits per heavy atom. The lowest BCUT2D eigenvalue weighted by molar-refractivity contribution is 0.0904. The molecule has 1 aliphatic rings. The normalized spacial score (nSPS) is 25.1. The minimum absolute atomic E-state index is 0.0420. The highest BCUT2D eigenvalue weighted by atomic mass is 35.5. The Morgan fingerprint density at radius 3 is 2.74 bits per heavy atom. The van der Waals surface area contributed by atoms with Crippen molar-refractivity contribution in [2.24, 2.45) is 11.7 Å². The summed E-state index contributed by atoms with van der Waals surface area (Å²) in [6, 6.07) is 5.83. The quantitative estimate of drug-likeness (QED) is 0.868. The SMILES string of the molecule is CCC1CCCCC1Oc1ccc(C(C)N)c(Cl)c1. The largest absolute Gasteiger partial charge is 0.490 e. The molecule has 1 aromatic rings. The molecule has 0 heterocycles. The van der Waals surface area contributed by atoms with E-state index in [1.165, 1.54) is 25.7 Å². The summed E-state index contributed by atoms with van der Waals surface area (Å²) >= 11 is 6.25. The summed E-state index contributed by atoms with van der Waals surface area (Å²) in [6.07, 6.45) is 6.58. The van der Waals surface area contributed by atoms with Gasteiger partial charge in [-0.1, -0.05) is 31.0 Å². The summed E-state index contributed by atoms with van der Waals surface area (Å²) in [6.45, 7) is 4.19. The molecule has 106 valence electrons. The average molecular weight is 282 g/mol. The van der Waals surface area contributed by atoms with Gasteiger partial charge in [-0.3, -0.25) is 0 Å². The summed E-state index contributed by atoms with van der Waals surface area (Å²) < 4.78 is 6.15. The molecule has 0 saturated heterocycles. The molecule has 0 bridgehead atoms. The van der Waals surface area contributed by atoms with Gasteiger partial charge in [-0.2, -0.15) is 0 Å². The first-order valence-electron chi connectivity index (χ1n) is 7.33. The third-order valence-electron chi connectivity index (χ3n) is 4.11. The number of hydrogen-bond acceptors (Lipinski definition) is 2. The first-order valence-corrected chi connectivity index (χ1v) is 7.71. The van der Waals surface area contributed by atoms with Crippen LogP contribution in [0.3, 0.4) is 0 Å². The van der Waals surface area contributed by atoms with E-state index in [9.17, 15) is 0 Å². The smallest absolute Gasteiger partial charge is 0.121 e. The minimum atomic E-state index is -0.0420. The van der Waals surface area contributed by atoms with Crippen LogP contribution in [0.2, 0.25) is 5.02 Å². The Balaban J connectivity index is 2.08. The molecular formula is C16H24ClNO. The van der Waals surface area contributed by atoms with Gasteiger partial charge >= 0.3 is 0 Å². The van der Waals surface area contributed by atoms with Gasteiger partial charge in [-0.25, -0.2) is 0 Å². The van der Waals surface area contributed by atoms with Crippen molar-refractivity contribution in [3.05, 3.63) is 28.8 Å². The number of halogens is 1. The van der Waals surface area contributed by atoms with Crippen molar-refractivity contribution in [1.82, 2.24) is 0 Å². The molecule has 1 aromatic carbocycles. The number of hydrogen-bond donors (Lipinski definition) is 1. The van der Waals surface area contributed by atoms with Gasteiger partial charge < -0.3 is 10.5 Å². The minimum Gasteiger partial charge on any atom is -0.490 e. The van der Waals surface area contributed by atoms with Crippen molar-refractivity contribution >= 4 is 11.6 Å². The van der Waals surface area contributed by atoms with E-state index in [0.29, 0.717) is 17.0 Å². The lowest BCUT2D eigenvalue weighted by Gasteiger charge is -2.31. The Bertz CT molecular complexity index is 419. The second kappa shape index (κ2) is 6.62. The predicted molar refractivity (Wildman–Crippen MR) is 80.7 cm³/mol. The molecule has 1 saturated carbocycles. The highest BCUT2D eigenvalue weighted by Gasteiger charge is 2.25. The van der Waals surface area contributed by atoms with Gasteiger partial charge in [-0.15, -0.1) is 0 Å². The molecule has 2 rings (SSSR count).